The van der Waals surface area contributed by atoms with Gasteiger partial charge in [0.1, 0.15) is 23.9 Å². The number of unbranched alkanes of at least 4 members (excludes halogenated alkanes) is 11. The van der Waals surface area contributed by atoms with E-state index in [1.54, 1.807) is 41.5 Å². The molecular weight excluding hydrogens is 1050 g/mol. The van der Waals surface area contributed by atoms with Gasteiger partial charge < -0.3 is 63.0 Å². The number of aliphatic hydroxyl groups excluding tert-OH is 1. The Morgan fingerprint density at radius 1 is 0.780 bits per heavy atom. The Morgan fingerprint density at radius 2 is 1.40 bits per heavy atom. The van der Waals surface area contributed by atoms with E-state index in [0.717, 1.165) is 32.1 Å². The predicted octanol–water partition coefficient (Wildman–Crippen LogP) is 10.5. The molecule has 0 aromatic carbocycles. The Labute approximate surface area is 494 Å². The molecule has 4 fully saturated rings. The number of nitrogens with zero attached hydrogens (tertiary/aromatic N) is 2. The standard InChI is InChI=1S/C63H116N4O15/c1-16-18-19-20-21-22-23-24-25-26-27-31-36-64-65-60(71)81-54-49(67(13)14)38-42(4)76-59(54)82-56-44(6)53(80-51-40-62(11,74-15)57(46(8)77-51)78-47(9)68)45(7)58(70)79-50(17-2)63(12,73)55(69)43(5)52(41(3)39-61(56,10)72)66-75-37-32-35-48-33-29-28-30-34-48/h41-46,48-51,53-57,59,64,69,72-73H,16-40H2,1-15H3,(H,65,71)/b66-52+/t41-,42-,43-,44+,45-,46+,49+,50+,51+,53+,54-,55-,56-,57+,59+,61?,62-,63-/m1/s1. The van der Waals surface area contributed by atoms with Gasteiger partial charge in [0.2, 0.25) is 0 Å². The molecular formula is C63H116N4O15. The Hall–Kier alpha value is -2.72. The first kappa shape index (κ1) is 71.8. The second kappa shape index (κ2) is 35.2. The number of amides is 1. The number of cyclic esters (lactones) is 1. The summed E-state index contributed by atoms with van der Waals surface area (Å²) < 4.78 is 51.6. The van der Waals surface area contributed by atoms with Gasteiger partial charge in [0, 0.05) is 44.8 Å². The van der Waals surface area contributed by atoms with Crippen molar-refractivity contribution in [3.63, 3.8) is 0 Å². The van der Waals surface area contributed by atoms with E-state index in [0.29, 0.717) is 31.2 Å². The average molecular weight is 1170 g/mol. The van der Waals surface area contributed by atoms with Crippen molar-refractivity contribution >= 4 is 23.7 Å². The lowest BCUT2D eigenvalue weighted by atomic mass is 9.73. The maximum absolute atomic E-state index is 14.9. The van der Waals surface area contributed by atoms with Crippen LogP contribution in [-0.4, -0.2) is 163 Å². The quantitative estimate of drug-likeness (QED) is 0.0212. The van der Waals surface area contributed by atoms with Crippen molar-refractivity contribution in [3.8, 4) is 0 Å². The van der Waals surface area contributed by atoms with Crippen LogP contribution >= 0.6 is 0 Å². The minimum atomic E-state index is -1.97. The van der Waals surface area contributed by atoms with Crippen molar-refractivity contribution in [1.82, 2.24) is 15.8 Å². The number of carbonyl (C=O) groups is 3. The normalized spacial score (nSPS) is 37.0. The first-order valence-electron chi connectivity index (χ1n) is 32.0. The molecule has 5 N–H and O–H groups in total. The predicted molar refractivity (Wildman–Crippen MR) is 316 cm³/mol. The minimum absolute atomic E-state index is 0.0224. The van der Waals surface area contributed by atoms with Gasteiger partial charge in [0.25, 0.3) is 0 Å². The van der Waals surface area contributed by atoms with Crippen molar-refractivity contribution in [2.45, 2.75) is 315 Å². The molecule has 1 saturated carbocycles. The fourth-order valence-electron chi connectivity index (χ4n) is 13.5. The second-order valence-electron chi connectivity index (χ2n) is 26.0. The highest BCUT2D eigenvalue weighted by Crippen LogP contribution is 2.42. The molecule has 0 radical (unpaired) electrons. The third kappa shape index (κ3) is 21.6. The monoisotopic (exact) mass is 1170 g/mol. The summed E-state index contributed by atoms with van der Waals surface area (Å²) in [7, 11) is 5.32. The topological polar surface area (TPSA) is 235 Å². The van der Waals surface area contributed by atoms with Crippen molar-refractivity contribution < 1.29 is 72.4 Å². The van der Waals surface area contributed by atoms with Crippen LogP contribution in [0.4, 0.5) is 4.79 Å². The maximum atomic E-state index is 14.9. The fraction of sp³-hybridized carbons (Fsp3) is 0.937. The van der Waals surface area contributed by atoms with E-state index in [4.69, 9.17) is 47.9 Å². The molecule has 3 saturated heterocycles. The van der Waals surface area contributed by atoms with Crippen LogP contribution in [0.3, 0.4) is 0 Å². The summed E-state index contributed by atoms with van der Waals surface area (Å²) >= 11 is 0. The molecule has 0 aromatic rings. The van der Waals surface area contributed by atoms with Gasteiger partial charge >= 0.3 is 18.0 Å². The Kier molecular flexibility index (Phi) is 30.8. The Morgan fingerprint density at radius 3 is 1.99 bits per heavy atom. The molecule has 0 bridgehead atoms. The van der Waals surface area contributed by atoms with Gasteiger partial charge in [-0.2, -0.15) is 0 Å². The zero-order chi connectivity index (χ0) is 60.8. The van der Waals surface area contributed by atoms with Crippen molar-refractivity contribution in [2.75, 3.05) is 34.4 Å². The van der Waals surface area contributed by atoms with E-state index in [1.807, 2.05) is 39.8 Å². The van der Waals surface area contributed by atoms with Gasteiger partial charge in [0.05, 0.1) is 53.8 Å². The number of ether oxygens (including phenoxy) is 8. The summed E-state index contributed by atoms with van der Waals surface area (Å²) in [5.41, 5.74) is 1.30. The van der Waals surface area contributed by atoms with E-state index in [1.165, 1.54) is 111 Å². The van der Waals surface area contributed by atoms with Crippen LogP contribution in [0.2, 0.25) is 0 Å². The number of oxime groups is 1. The molecule has 4 aliphatic rings. The SMILES string of the molecule is CCCCCCCCCCCCCCNNC(=O)O[C@H]1[C@H](O[C@@H]2[C@@H](C)[C@H](O[C@H]3C[C@@](C)(OC)[C@@H](OC(C)=O)[C@H](C)O3)[C@@H](C)C(=O)O[C@@H](CC)[C@@](C)(O)[C@H](O)[C@H](C)/C(=N/OCCCC3CCCCC3)[C@H](C)CC2(C)O)O[C@H](C)C[C@@H]1N(C)C. The molecule has 3 aliphatic heterocycles. The van der Waals surface area contributed by atoms with E-state index in [-0.39, 0.29) is 25.4 Å². The molecule has 3 heterocycles. The van der Waals surface area contributed by atoms with Crippen LogP contribution in [0.25, 0.3) is 0 Å². The van der Waals surface area contributed by atoms with E-state index < -0.39 is 120 Å². The zero-order valence-electron chi connectivity index (χ0n) is 53.6. The molecule has 0 spiro atoms. The largest absolute Gasteiger partial charge is 0.459 e. The Bertz CT molecular complexity index is 1890. The lowest BCUT2D eigenvalue weighted by Gasteiger charge is -2.49. The summed E-state index contributed by atoms with van der Waals surface area (Å²) in [6, 6.07) is -0.390. The number of carbonyl (C=O) groups excluding carboxylic acids is 3. The zero-order valence-corrected chi connectivity index (χ0v) is 53.6. The number of hydrogen-bond donors (Lipinski definition) is 5. The van der Waals surface area contributed by atoms with Gasteiger partial charge in [-0.1, -0.05) is 143 Å². The molecule has 1 aliphatic carbocycles. The number of esters is 2. The molecule has 1 unspecified atom stereocenters. The molecule has 4 rings (SSSR count). The number of aliphatic hydroxyl groups is 3. The second-order valence-corrected chi connectivity index (χ2v) is 26.0. The van der Waals surface area contributed by atoms with Gasteiger partial charge in [-0.3, -0.25) is 15.0 Å². The molecule has 0 aromatic heterocycles. The lowest BCUT2D eigenvalue weighted by Crippen LogP contribution is -2.62. The summed E-state index contributed by atoms with van der Waals surface area (Å²) in [4.78, 5) is 49.1. The van der Waals surface area contributed by atoms with E-state index in [9.17, 15) is 29.7 Å². The molecule has 82 heavy (non-hydrogen) atoms. The summed E-state index contributed by atoms with van der Waals surface area (Å²) in [5.74, 6) is -4.08. The highest BCUT2D eigenvalue weighted by atomic mass is 16.7. The number of likely N-dealkylation sites (N-methyl/N-ethyl adjacent to an activating group) is 1. The van der Waals surface area contributed by atoms with Gasteiger partial charge in [0.15, 0.2) is 24.8 Å². The van der Waals surface area contributed by atoms with Crippen molar-refractivity contribution in [2.24, 2.45) is 34.7 Å². The van der Waals surface area contributed by atoms with Crippen LogP contribution in [0, 0.1) is 29.6 Å². The fourth-order valence-corrected chi connectivity index (χ4v) is 13.5. The lowest BCUT2D eigenvalue weighted by molar-refractivity contribution is -0.318. The Balaban J connectivity index is 1.71. The van der Waals surface area contributed by atoms with Gasteiger partial charge in [-0.05, 0) is 100 Å². The number of hydrazine groups is 1. The van der Waals surface area contributed by atoms with Gasteiger partial charge in [-0.15, -0.1) is 0 Å². The summed E-state index contributed by atoms with van der Waals surface area (Å²) in [5, 5.41) is 42.7. The summed E-state index contributed by atoms with van der Waals surface area (Å²) in [6.07, 6.45) is 12.3. The smallest absolute Gasteiger partial charge is 0.422 e. The van der Waals surface area contributed by atoms with Crippen LogP contribution in [0.15, 0.2) is 5.16 Å². The molecule has 19 nitrogen and oxygen atoms in total. The molecule has 478 valence electrons. The third-order valence-electron chi connectivity index (χ3n) is 18.4. The van der Waals surface area contributed by atoms with Crippen LogP contribution in [-0.2, 0) is 52.3 Å². The number of nitrogens with one attached hydrogen (secondary N) is 2. The highest BCUT2D eigenvalue weighted by Gasteiger charge is 2.55. The van der Waals surface area contributed by atoms with Crippen molar-refractivity contribution in [3.05, 3.63) is 0 Å². The van der Waals surface area contributed by atoms with Crippen LogP contribution in [0.1, 0.15) is 231 Å². The van der Waals surface area contributed by atoms with Crippen LogP contribution < -0.4 is 10.9 Å². The van der Waals surface area contributed by atoms with E-state index >= 15 is 0 Å². The number of hydrogen-bond acceptors (Lipinski definition) is 18. The van der Waals surface area contributed by atoms with Crippen molar-refractivity contribution in [1.29, 1.82) is 0 Å². The minimum Gasteiger partial charge on any atom is -0.459 e. The highest BCUT2D eigenvalue weighted by molar-refractivity contribution is 5.88. The van der Waals surface area contributed by atoms with E-state index in [2.05, 4.69) is 17.8 Å². The van der Waals surface area contributed by atoms with Crippen LogP contribution in [0.5, 0.6) is 0 Å². The average Bonchev–Trinajstić information content (AvgIpc) is 3.13. The third-order valence-corrected chi connectivity index (χ3v) is 18.4. The molecule has 1 amide bonds. The number of rotatable bonds is 28. The first-order valence-corrected chi connectivity index (χ1v) is 32.0. The maximum Gasteiger partial charge on any atom is 0.422 e. The first-order chi connectivity index (χ1) is 38.8. The molecule has 19 heteroatoms. The molecule has 18 atom stereocenters. The summed E-state index contributed by atoms with van der Waals surface area (Å²) in [6.45, 7) is 21.9. The van der Waals surface area contributed by atoms with Gasteiger partial charge in [-0.25, -0.2) is 10.2 Å². The number of methoxy groups -OCH3 is 1.